The predicted octanol–water partition coefficient (Wildman–Crippen LogP) is 2.57. The molecule has 0 radical (unpaired) electrons. The van der Waals surface area contributed by atoms with Gasteiger partial charge in [-0.25, -0.2) is 0 Å². The third-order valence-electron chi connectivity index (χ3n) is 5.54. The van der Waals surface area contributed by atoms with Gasteiger partial charge >= 0.3 is 0 Å². The van der Waals surface area contributed by atoms with E-state index in [-0.39, 0.29) is 11.9 Å². The molecule has 0 bridgehead atoms. The molecular formula is C23H31N3O3. The number of nitrogens with one attached hydrogen (secondary N) is 1. The third kappa shape index (κ3) is 5.41. The van der Waals surface area contributed by atoms with E-state index in [1.165, 1.54) is 5.56 Å². The number of methoxy groups -OCH3 is 2. The molecule has 6 nitrogen and oxygen atoms in total. The van der Waals surface area contributed by atoms with Crippen molar-refractivity contribution in [1.82, 2.24) is 10.2 Å². The molecule has 0 aliphatic carbocycles. The lowest BCUT2D eigenvalue weighted by Crippen LogP contribution is -2.54. The highest BCUT2D eigenvalue weighted by molar-refractivity contribution is 5.81. The quantitative estimate of drug-likeness (QED) is 0.742. The molecule has 1 saturated heterocycles. The maximum atomic E-state index is 12.6. The summed E-state index contributed by atoms with van der Waals surface area (Å²) in [5, 5.41) is 3.07. The second-order valence-corrected chi connectivity index (χ2v) is 7.26. The molecular weight excluding hydrogens is 366 g/mol. The first-order valence-corrected chi connectivity index (χ1v) is 10.1. The number of hydrogen-bond acceptors (Lipinski definition) is 5. The van der Waals surface area contributed by atoms with Crippen molar-refractivity contribution in [2.75, 3.05) is 51.8 Å². The molecule has 2 aromatic rings. The summed E-state index contributed by atoms with van der Waals surface area (Å²) in [4.78, 5) is 17.1. The van der Waals surface area contributed by atoms with Crippen molar-refractivity contribution >= 4 is 11.6 Å². The lowest BCUT2D eigenvalue weighted by Gasteiger charge is -2.38. The Morgan fingerprint density at radius 3 is 2.34 bits per heavy atom. The van der Waals surface area contributed by atoms with Gasteiger partial charge in [-0.05, 0) is 43.2 Å². The first kappa shape index (κ1) is 21.0. The molecule has 6 heteroatoms. The van der Waals surface area contributed by atoms with Crippen LogP contribution in [-0.2, 0) is 11.2 Å². The molecule has 0 unspecified atom stereocenters. The van der Waals surface area contributed by atoms with Crippen LogP contribution in [0.1, 0.15) is 12.5 Å². The van der Waals surface area contributed by atoms with Crippen LogP contribution in [0.2, 0.25) is 0 Å². The normalized spacial score (nSPS) is 15.6. The average Bonchev–Trinajstić information content (AvgIpc) is 2.79. The van der Waals surface area contributed by atoms with Crippen LogP contribution in [0.25, 0.3) is 0 Å². The predicted molar refractivity (Wildman–Crippen MR) is 116 cm³/mol. The van der Waals surface area contributed by atoms with Crippen LogP contribution in [0.3, 0.4) is 0 Å². The van der Waals surface area contributed by atoms with Crippen LogP contribution >= 0.6 is 0 Å². The van der Waals surface area contributed by atoms with Gasteiger partial charge in [0, 0.05) is 32.7 Å². The Labute approximate surface area is 173 Å². The van der Waals surface area contributed by atoms with Crippen molar-refractivity contribution < 1.29 is 14.3 Å². The van der Waals surface area contributed by atoms with E-state index < -0.39 is 0 Å². The van der Waals surface area contributed by atoms with Crippen molar-refractivity contribution in [3.8, 4) is 11.5 Å². The molecule has 1 heterocycles. The highest BCUT2D eigenvalue weighted by atomic mass is 16.5. The van der Waals surface area contributed by atoms with E-state index in [0.29, 0.717) is 6.54 Å². The monoisotopic (exact) mass is 397 g/mol. The number of para-hydroxylation sites is 2. The highest BCUT2D eigenvalue weighted by Gasteiger charge is 2.26. The minimum Gasteiger partial charge on any atom is -0.497 e. The van der Waals surface area contributed by atoms with Crippen molar-refractivity contribution in [3.05, 3.63) is 54.1 Å². The number of benzene rings is 2. The fourth-order valence-corrected chi connectivity index (χ4v) is 3.68. The zero-order valence-electron chi connectivity index (χ0n) is 17.6. The Kier molecular flexibility index (Phi) is 7.36. The second kappa shape index (κ2) is 10.2. The lowest BCUT2D eigenvalue weighted by atomic mass is 10.1. The van der Waals surface area contributed by atoms with Gasteiger partial charge in [-0.15, -0.1) is 0 Å². The zero-order chi connectivity index (χ0) is 20.6. The summed E-state index contributed by atoms with van der Waals surface area (Å²) >= 11 is 0. The number of nitrogens with zero attached hydrogens (tertiary/aromatic N) is 2. The molecule has 29 heavy (non-hydrogen) atoms. The number of hydrogen-bond donors (Lipinski definition) is 1. The van der Waals surface area contributed by atoms with Gasteiger partial charge in [-0.1, -0.05) is 24.3 Å². The van der Waals surface area contributed by atoms with Crippen LogP contribution in [0.15, 0.2) is 48.5 Å². The van der Waals surface area contributed by atoms with E-state index in [4.69, 9.17) is 9.47 Å². The summed E-state index contributed by atoms with van der Waals surface area (Å²) in [5.74, 6) is 1.83. The fraction of sp³-hybridized carbons (Fsp3) is 0.435. The Morgan fingerprint density at radius 1 is 1.00 bits per heavy atom. The van der Waals surface area contributed by atoms with E-state index in [1.54, 1.807) is 14.2 Å². The van der Waals surface area contributed by atoms with Crippen molar-refractivity contribution in [3.63, 3.8) is 0 Å². The number of rotatable bonds is 8. The minimum absolute atomic E-state index is 0.0873. The van der Waals surface area contributed by atoms with Crippen LogP contribution in [0.5, 0.6) is 11.5 Å². The lowest BCUT2D eigenvalue weighted by molar-refractivity contribution is -0.125. The fourth-order valence-electron chi connectivity index (χ4n) is 3.68. The van der Waals surface area contributed by atoms with Gasteiger partial charge in [0.25, 0.3) is 0 Å². The number of ether oxygens (including phenoxy) is 2. The minimum atomic E-state index is -0.134. The number of carbonyl (C=O) groups excluding carboxylic acids is 1. The third-order valence-corrected chi connectivity index (χ3v) is 5.54. The number of amides is 1. The molecule has 1 amide bonds. The Balaban J connectivity index is 1.44. The van der Waals surface area contributed by atoms with E-state index in [0.717, 1.165) is 49.8 Å². The molecule has 0 saturated carbocycles. The zero-order valence-corrected chi connectivity index (χ0v) is 17.6. The number of piperazine rings is 1. The molecule has 1 atom stereocenters. The van der Waals surface area contributed by atoms with Crippen LogP contribution in [0, 0.1) is 0 Å². The Bertz CT molecular complexity index is 786. The van der Waals surface area contributed by atoms with Crippen LogP contribution in [-0.4, -0.2) is 63.8 Å². The number of anilines is 1. The van der Waals surface area contributed by atoms with E-state index >= 15 is 0 Å². The van der Waals surface area contributed by atoms with Crippen molar-refractivity contribution in [2.24, 2.45) is 0 Å². The first-order valence-electron chi connectivity index (χ1n) is 10.1. The van der Waals surface area contributed by atoms with E-state index in [1.807, 2.05) is 49.4 Å². The largest absolute Gasteiger partial charge is 0.497 e. The Morgan fingerprint density at radius 2 is 1.69 bits per heavy atom. The van der Waals surface area contributed by atoms with Gasteiger partial charge in [-0.2, -0.15) is 0 Å². The molecule has 0 spiro atoms. The molecule has 1 aliphatic rings. The summed E-state index contributed by atoms with van der Waals surface area (Å²) in [6.07, 6.45) is 0.810. The maximum Gasteiger partial charge on any atom is 0.237 e. The smallest absolute Gasteiger partial charge is 0.237 e. The van der Waals surface area contributed by atoms with E-state index in [2.05, 4.69) is 21.2 Å². The SMILES string of the molecule is COc1ccc(CCNC(=O)[C@H](C)N2CCN(c3ccccc3OC)CC2)cc1. The molecule has 156 valence electrons. The van der Waals surface area contributed by atoms with Gasteiger partial charge in [0.15, 0.2) is 0 Å². The first-order chi connectivity index (χ1) is 14.1. The van der Waals surface area contributed by atoms with Gasteiger partial charge in [0.05, 0.1) is 25.9 Å². The Hall–Kier alpha value is -2.73. The maximum absolute atomic E-state index is 12.6. The summed E-state index contributed by atoms with van der Waals surface area (Å²) in [6.45, 7) is 6.09. The standard InChI is InChI=1S/C23H31N3O3/c1-18(23(27)24-13-12-19-8-10-20(28-2)11-9-19)25-14-16-26(17-15-25)21-6-4-5-7-22(21)29-3/h4-11,18H,12-17H2,1-3H3,(H,24,27)/t18-/m0/s1. The summed E-state index contributed by atoms with van der Waals surface area (Å²) in [6, 6.07) is 15.9. The highest BCUT2D eigenvalue weighted by Crippen LogP contribution is 2.28. The van der Waals surface area contributed by atoms with Gasteiger partial charge < -0.3 is 19.7 Å². The topological polar surface area (TPSA) is 54.0 Å². The van der Waals surface area contributed by atoms with Crippen LogP contribution in [0.4, 0.5) is 5.69 Å². The van der Waals surface area contributed by atoms with Gasteiger partial charge in [0.2, 0.25) is 5.91 Å². The van der Waals surface area contributed by atoms with E-state index in [9.17, 15) is 4.79 Å². The molecule has 2 aromatic carbocycles. The average molecular weight is 398 g/mol. The van der Waals surface area contributed by atoms with Crippen molar-refractivity contribution in [2.45, 2.75) is 19.4 Å². The van der Waals surface area contributed by atoms with Gasteiger partial charge in [-0.3, -0.25) is 9.69 Å². The summed E-state index contributed by atoms with van der Waals surface area (Å²) in [7, 11) is 3.36. The molecule has 3 rings (SSSR count). The number of carbonyl (C=O) groups is 1. The molecule has 1 aliphatic heterocycles. The molecule has 1 fully saturated rings. The summed E-state index contributed by atoms with van der Waals surface area (Å²) < 4.78 is 10.7. The van der Waals surface area contributed by atoms with Crippen molar-refractivity contribution in [1.29, 1.82) is 0 Å². The van der Waals surface area contributed by atoms with Crippen LogP contribution < -0.4 is 19.7 Å². The molecule has 1 N–H and O–H groups in total. The van der Waals surface area contributed by atoms with Gasteiger partial charge in [0.1, 0.15) is 11.5 Å². The summed E-state index contributed by atoms with van der Waals surface area (Å²) in [5.41, 5.74) is 2.30. The second-order valence-electron chi connectivity index (χ2n) is 7.26. The molecule has 0 aromatic heterocycles.